The van der Waals surface area contributed by atoms with Crippen LogP contribution in [0.2, 0.25) is 0 Å². The van der Waals surface area contributed by atoms with Gasteiger partial charge in [0, 0.05) is 11.2 Å². The van der Waals surface area contributed by atoms with Crippen molar-refractivity contribution >= 4 is 29.4 Å². The number of carbonyl (C=O) groups excluding carboxylic acids is 2. The maximum Gasteiger partial charge on any atom is 0.353 e. The van der Waals surface area contributed by atoms with Gasteiger partial charge in [-0.15, -0.1) is 11.8 Å². The topological polar surface area (TPSA) is 104 Å². The molecule has 8 heteroatoms. The molecule has 0 radical (unpaired) electrons. The fraction of sp³-hybridized carbons (Fsp3) is 0.588. The van der Waals surface area contributed by atoms with Gasteiger partial charge < -0.3 is 14.9 Å². The quantitative estimate of drug-likeness (QED) is 0.559. The van der Waals surface area contributed by atoms with Gasteiger partial charge in [-0.05, 0) is 19.8 Å². The van der Waals surface area contributed by atoms with E-state index in [1.165, 1.54) is 24.1 Å². The number of hydrogen-bond donors (Lipinski definition) is 2. The van der Waals surface area contributed by atoms with Crippen LogP contribution in [0, 0.1) is 0 Å². The Hall–Kier alpha value is -1.80. The predicted molar refractivity (Wildman–Crippen MR) is 90.5 cm³/mol. The summed E-state index contributed by atoms with van der Waals surface area (Å²) >= 11 is 1.26. The first-order valence-electron chi connectivity index (χ1n) is 8.37. The molecular formula is C17H21NO6S. The summed E-state index contributed by atoms with van der Waals surface area (Å²) in [4.78, 5) is 38.0. The van der Waals surface area contributed by atoms with Crippen molar-refractivity contribution in [2.75, 3.05) is 5.75 Å². The fourth-order valence-electron chi connectivity index (χ4n) is 3.44. The lowest BCUT2D eigenvalue weighted by atomic mass is 9.84. The Kier molecular flexibility index (Phi) is 4.68. The predicted octanol–water partition coefficient (Wildman–Crippen LogP) is 1.42. The van der Waals surface area contributed by atoms with Crippen molar-refractivity contribution in [3.63, 3.8) is 0 Å². The van der Waals surface area contributed by atoms with E-state index in [4.69, 9.17) is 4.74 Å². The average Bonchev–Trinajstić information content (AvgIpc) is 2.85. The molecule has 1 amide bonds. The van der Waals surface area contributed by atoms with E-state index in [1.807, 2.05) is 0 Å². The molecule has 3 aliphatic rings. The molecule has 3 unspecified atom stereocenters. The zero-order valence-electron chi connectivity index (χ0n) is 14.2. The van der Waals surface area contributed by atoms with E-state index in [2.05, 4.69) is 6.92 Å². The number of carboxylic acids is 1. The van der Waals surface area contributed by atoms with Crippen LogP contribution in [0.1, 0.15) is 39.5 Å². The monoisotopic (exact) mass is 367 g/mol. The number of rotatable bonds is 5. The van der Waals surface area contributed by atoms with Gasteiger partial charge in [-0.2, -0.15) is 0 Å². The highest BCUT2D eigenvalue weighted by Crippen LogP contribution is 2.43. The largest absolute Gasteiger partial charge is 0.488 e. The third-order valence-electron chi connectivity index (χ3n) is 4.87. The smallest absolute Gasteiger partial charge is 0.353 e. The van der Waals surface area contributed by atoms with E-state index in [1.54, 1.807) is 0 Å². The Balaban J connectivity index is 1.94. The molecule has 0 aromatic carbocycles. The van der Waals surface area contributed by atoms with Crippen LogP contribution in [0.4, 0.5) is 0 Å². The van der Waals surface area contributed by atoms with Gasteiger partial charge in [0.2, 0.25) is 5.78 Å². The van der Waals surface area contributed by atoms with E-state index < -0.39 is 35.4 Å². The summed E-state index contributed by atoms with van der Waals surface area (Å²) in [5.41, 5.74) is -2.17. The maximum absolute atomic E-state index is 12.8. The van der Waals surface area contributed by atoms with Crippen molar-refractivity contribution in [2.45, 2.75) is 57.3 Å². The van der Waals surface area contributed by atoms with E-state index in [0.717, 1.165) is 24.2 Å². The molecule has 3 rings (SSSR count). The minimum atomic E-state index is -1.79. The van der Waals surface area contributed by atoms with Gasteiger partial charge in [0.25, 0.3) is 5.91 Å². The number of carbonyl (C=O) groups is 3. The Bertz CT molecular complexity index is 695. The molecule has 0 spiro atoms. The molecule has 0 bridgehead atoms. The fourth-order valence-corrected chi connectivity index (χ4v) is 4.39. The minimum Gasteiger partial charge on any atom is -0.488 e. The lowest BCUT2D eigenvalue weighted by molar-refractivity contribution is -0.152. The summed E-state index contributed by atoms with van der Waals surface area (Å²) in [6.45, 7) is 3.42. The second kappa shape index (κ2) is 6.49. The molecule has 7 nitrogen and oxygen atoms in total. The summed E-state index contributed by atoms with van der Waals surface area (Å²) in [6, 6.07) is -0.614. The molecule has 0 aromatic heterocycles. The zero-order chi connectivity index (χ0) is 18.4. The third kappa shape index (κ3) is 2.77. The number of unbranched alkanes of at least 4 members (excludes halogenated alkanes) is 2. The Morgan fingerprint density at radius 3 is 2.80 bits per heavy atom. The maximum atomic E-state index is 12.8. The summed E-state index contributed by atoms with van der Waals surface area (Å²) in [6.07, 6.45) is 2.51. The van der Waals surface area contributed by atoms with Crippen molar-refractivity contribution in [3.8, 4) is 0 Å². The minimum absolute atomic E-state index is 0.167. The van der Waals surface area contributed by atoms with Crippen LogP contribution in [-0.4, -0.2) is 56.3 Å². The highest BCUT2D eigenvalue weighted by atomic mass is 32.2. The second-order valence-electron chi connectivity index (χ2n) is 6.65. The molecule has 3 heterocycles. The van der Waals surface area contributed by atoms with Gasteiger partial charge in [-0.25, -0.2) is 4.79 Å². The van der Waals surface area contributed by atoms with Gasteiger partial charge in [0.15, 0.2) is 5.60 Å². The van der Waals surface area contributed by atoms with E-state index in [9.17, 15) is 24.6 Å². The van der Waals surface area contributed by atoms with Gasteiger partial charge >= 0.3 is 5.97 Å². The van der Waals surface area contributed by atoms with Gasteiger partial charge in [0.1, 0.15) is 29.2 Å². The van der Waals surface area contributed by atoms with Crippen molar-refractivity contribution < 1.29 is 29.3 Å². The van der Waals surface area contributed by atoms with Crippen LogP contribution in [-0.2, 0) is 19.1 Å². The Morgan fingerprint density at radius 2 is 2.16 bits per heavy atom. The molecule has 0 aromatic rings. The average molecular weight is 367 g/mol. The molecule has 0 fully saturated rings. The first kappa shape index (κ1) is 18.0. The van der Waals surface area contributed by atoms with Gasteiger partial charge in [0.05, 0.1) is 0 Å². The van der Waals surface area contributed by atoms with Crippen molar-refractivity contribution in [1.82, 2.24) is 4.90 Å². The van der Waals surface area contributed by atoms with E-state index in [0.29, 0.717) is 12.2 Å². The number of carboxylic acid groups (broad SMARTS) is 1. The van der Waals surface area contributed by atoms with Crippen LogP contribution < -0.4 is 0 Å². The number of Topliss-reactive ketones (excluding diaryl/α,β-unsaturated/α-hetero) is 1. The molecule has 0 saturated heterocycles. The van der Waals surface area contributed by atoms with Crippen molar-refractivity contribution in [2.24, 2.45) is 0 Å². The van der Waals surface area contributed by atoms with Crippen molar-refractivity contribution in [1.29, 1.82) is 0 Å². The number of amides is 1. The zero-order valence-corrected chi connectivity index (χ0v) is 15.0. The molecule has 3 atom stereocenters. The highest BCUT2D eigenvalue weighted by Gasteiger charge is 2.57. The summed E-state index contributed by atoms with van der Waals surface area (Å²) in [5, 5.41) is 21.4. The third-order valence-corrected chi connectivity index (χ3v) is 5.77. The summed E-state index contributed by atoms with van der Waals surface area (Å²) < 4.78 is 5.92. The number of ketones is 1. The molecular weight excluding hydrogens is 346 g/mol. The van der Waals surface area contributed by atoms with Gasteiger partial charge in [-0.3, -0.25) is 14.5 Å². The lowest BCUT2D eigenvalue weighted by Gasteiger charge is -2.37. The molecule has 136 valence electrons. The number of aliphatic carboxylic acids is 1. The first-order chi connectivity index (χ1) is 11.8. The summed E-state index contributed by atoms with van der Waals surface area (Å²) in [7, 11) is 0. The molecule has 3 aliphatic heterocycles. The van der Waals surface area contributed by atoms with Crippen LogP contribution >= 0.6 is 11.8 Å². The number of ether oxygens (including phenoxy) is 1. The number of fused-ring (bicyclic) bond motifs is 2. The Morgan fingerprint density at radius 1 is 1.44 bits per heavy atom. The van der Waals surface area contributed by atoms with Crippen LogP contribution in [0.3, 0.4) is 0 Å². The lowest BCUT2D eigenvalue weighted by Crippen LogP contribution is -2.52. The first-order valence-corrected chi connectivity index (χ1v) is 9.42. The number of thioether (sulfide) groups is 1. The SMILES string of the molecule is CCCCCC1OC2=C(C(=O)N3C(C(=O)O)=CSCC23)C(=O)C1(C)O. The van der Waals surface area contributed by atoms with E-state index >= 15 is 0 Å². The van der Waals surface area contributed by atoms with Crippen LogP contribution in [0.5, 0.6) is 0 Å². The molecule has 25 heavy (non-hydrogen) atoms. The van der Waals surface area contributed by atoms with Crippen LogP contribution in [0.15, 0.2) is 22.4 Å². The molecule has 0 aliphatic carbocycles. The summed E-state index contributed by atoms with van der Waals surface area (Å²) in [5.74, 6) is -1.99. The normalized spacial score (nSPS) is 31.5. The van der Waals surface area contributed by atoms with Crippen molar-refractivity contribution in [3.05, 3.63) is 22.4 Å². The van der Waals surface area contributed by atoms with E-state index in [-0.39, 0.29) is 17.0 Å². The second-order valence-corrected chi connectivity index (χ2v) is 7.55. The number of hydrogen-bond acceptors (Lipinski definition) is 6. The highest BCUT2D eigenvalue weighted by molar-refractivity contribution is 8.02. The molecule has 0 saturated carbocycles. The van der Waals surface area contributed by atoms with Crippen LogP contribution in [0.25, 0.3) is 0 Å². The number of aliphatic hydroxyl groups is 1. The molecule has 2 N–H and O–H groups in total. The standard InChI is InChI=1S/C17H21NO6S/c1-3-4-5-6-11-17(2,23)14(19)12-13(24-11)9-7-25-8-10(16(21)22)18(9)15(12)20/h8-9,11,23H,3-7H2,1-2H3,(H,21,22). The Labute approximate surface area is 149 Å². The number of nitrogens with zero attached hydrogens (tertiary/aromatic N) is 1. The van der Waals surface area contributed by atoms with Gasteiger partial charge in [-0.1, -0.05) is 19.8 Å².